The van der Waals surface area contributed by atoms with E-state index in [1.165, 1.54) is 0 Å². The summed E-state index contributed by atoms with van der Waals surface area (Å²) in [7, 11) is 0. The van der Waals surface area contributed by atoms with E-state index in [9.17, 15) is 9.59 Å². The quantitative estimate of drug-likeness (QED) is 0.857. The van der Waals surface area contributed by atoms with E-state index in [4.69, 9.17) is 9.47 Å². The van der Waals surface area contributed by atoms with Gasteiger partial charge in [0.1, 0.15) is 12.7 Å². The van der Waals surface area contributed by atoms with Crippen LogP contribution >= 0.6 is 0 Å². The van der Waals surface area contributed by atoms with Gasteiger partial charge in [-0.25, -0.2) is 9.59 Å². The minimum Gasteiger partial charge on any atom is -0.458 e. The van der Waals surface area contributed by atoms with Gasteiger partial charge >= 0.3 is 12.1 Å². The third kappa shape index (κ3) is 3.56. The molecule has 1 amide bonds. The SMILES string of the molecule is CCC1OC(=O)C1NC(=O)OCc1ccc(-c2ccccc2)cc1. The van der Waals surface area contributed by atoms with Crippen LogP contribution in [0.3, 0.4) is 0 Å². The van der Waals surface area contributed by atoms with Crippen molar-refractivity contribution in [3.8, 4) is 11.1 Å². The number of cyclic esters (lactones) is 1. The maximum absolute atomic E-state index is 11.8. The number of esters is 1. The average molecular weight is 325 g/mol. The van der Waals surface area contributed by atoms with Crippen LogP contribution in [0.4, 0.5) is 4.79 Å². The molecule has 1 fully saturated rings. The van der Waals surface area contributed by atoms with E-state index in [0.717, 1.165) is 16.7 Å². The Morgan fingerprint density at radius 1 is 1.08 bits per heavy atom. The Balaban J connectivity index is 1.51. The van der Waals surface area contributed by atoms with E-state index < -0.39 is 18.1 Å². The number of alkyl carbamates (subject to hydrolysis) is 1. The second-order valence-electron chi connectivity index (χ2n) is 5.64. The van der Waals surface area contributed by atoms with E-state index in [0.29, 0.717) is 6.42 Å². The molecule has 2 aromatic carbocycles. The van der Waals surface area contributed by atoms with Crippen LogP contribution in [0.15, 0.2) is 54.6 Å². The van der Waals surface area contributed by atoms with Gasteiger partial charge in [-0.05, 0) is 23.1 Å². The molecule has 1 aliphatic rings. The van der Waals surface area contributed by atoms with E-state index in [1.54, 1.807) is 0 Å². The predicted molar refractivity (Wildman–Crippen MR) is 89.2 cm³/mol. The van der Waals surface area contributed by atoms with Gasteiger partial charge < -0.3 is 14.8 Å². The van der Waals surface area contributed by atoms with Crippen LogP contribution in [0.5, 0.6) is 0 Å². The Labute approximate surface area is 140 Å². The highest BCUT2D eigenvalue weighted by molar-refractivity contribution is 5.86. The molecule has 0 aromatic heterocycles. The Kier molecular flexibility index (Phi) is 4.79. The minimum absolute atomic E-state index is 0.152. The molecule has 2 atom stereocenters. The van der Waals surface area contributed by atoms with Crippen LogP contribution in [0.25, 0.3) is 11.1 Å². The van der Waals surface area contributed by atoms with E-state index in [-0.39, 0.29) is 12.7 Å². The minimum atomic E-state index is -0.609. The fraction of sp³-hybridized carbons (Fsp3) is 0.263. The first-order valence-electron chi connectivity index (χ1n) is 7.95. The highest BCUT2D eigenvalue weighted by Gasteiger charge is 2.42. The number of carbonyl (C=O) groups excluding carboxylic acids is 2. The van der Waals surface area contributed by atoms with Gasteiger partial charge in [-0.2, -0.15) is 0 Å². The predicted octanol–water partition coefficient (Wildman–Crippen LogP) is 3.28. The fourth-order valence-electron chi connectivity index (χ4n) is 2.58. The zero-order valence-electron chi connectivity index (χ0n) is 13.4. The number of hydrogen-bond acceptors (Lipinski definition) is 4. The summed E-state index contributed by atoms with van der Waals surface area (Å²) in [5.74, 6) is -0.411. The van der Waals surface area contributed by atoms with Crippen molar-refractivity contribution in [1.82, 2.24) is 5.32 Å². The van der Waals surface area contributed by atoms with Gasteiger partial charge in [-0.3, -0.25) is 0 Å². The lowest BCUT2D eigenvalue weighted by Crippen LogP contribution is -2.59. The molecule has 2 unspecified atom stereocenters. The van der Waals surface area contributed by atoms with Crippen molar-refractivity contribution in [3.63, 3.8) is 0 Å². The Morgan fingerprint density at radius 3 is 2.38 bits per heavy atom. The number of hydrogen-bond donors (Lipinski definition) is 1. The fourth-order valence-corrected chi connectivity index (χ4v) is 2.58. The lowest BCUT2D eigenvalue weighted by Gasteiger charge is -2.34. The second kappa shape index (κ2) is 7.17. The molecule has 1 saturated heterocycles. The molecule has 5 nitrogen and oxygen atoms in total. The maximum Gasteiger partial charge on any atom is 0.408 e. The summed E-state index contributed by atoms with van der Waals surface area (Å²) >= 11 is 0. The molecular formula is C19H19NO4. The number of benzene rings is 2. The first-order valence-corrected chi connectivity index (χ1v) is 7.95. The largest absolute Gasteiger partial charge is 0.458 e. The van der Waals surface area contributed by atoms with Crippen molar-refractivity contribution in [2.45, 2.75) is 32.1 Å². The Bertz CT molecular complexity index is 712. The summed E-state index contributed by atoms with van der Waals surface area (Å²) in [5.41, 5.74) is 3.12. The highest BCUT2D eigenvalue weighted by atomic mass is 16.6. The number of ether oxygens (including phenoxy) is 2. The first-order chi connectivity index (χ1) is 11.7. The molecule has 0 spiro atoms. The first kappa shape index (κ1) is 16.1. The molecular weight excluding hydrogens is 306 g/mol. The van der Waals surface area contributed by atoms with Crippen molar-refractivity contribution in [2.24, 2.45) is 0 Å². The summed E-state index contributed by atoms with van der Waals surface area (Å²) in [5, 5.41) is 2.54. The molecule has 0 radical (unpaired) electrons. The van der Waals surface area contributed by atoms with Gasteiger partial charge in [0, 0.05) is 0 Å². The summed E-state index contributed by atoms with van der Waals surface area (Å²) < 4.78 is 10.1. The van der Waals surface area contributed by atoms with Crippen LogP contribution in [0.1, 0.15) is 18.9 Å². The van der Waals surface area contributed by atoms with Gasteiger partial charge in [0.15, 0.2) is 6.04 Å². The average Bonchev–Trinajstić information content (AvgIpc) is 2.63. The zero-order chi connectivity index (χ0) is 16.9. The molecule has 1 N–H and O–H groups in total. The van der Waals surface area contributed by atoms with Crippen molar-refractivity contribution in [2.75, 3.05) is 0 Å². The lowest BCUT2D eigenvalue weighted by atomic mass is 10.0. The van der Waals surface area contributed by atoms with E-state index in [1.807, 2.05) is 61.5 Å². The molecule has 124 valence electrons. The number of nitrogens with one attached hydrogen (secondary N) is 1. The van der Waals surface area contributed by atoms with Gasteiger partial charge in [0.05, 0.1) is 0 Å². The molecule has 0 aliphatic carbocycles. The second-order valence-corrected chi connectivity index (χ2v) is 5.64. The van der Waals surface area contributed by atoms with Crippen molar-refractivity contribution in [3.05, 3.63) is 60.2 Å². The Morgan fingerprint density at radius 2 is 1.75 bits per heavy atom. The van der Waals surface area contributed by atoms with Crippen LogP contribution in [0.2, 0.25) is 0 Å². The summed E-state index contributed by atoms with van der Waals surface area (Å²) in [6.07, 6.45) is -0.199. The molecule has 0 bridgehead atoms. The highest BCUT2D eigenvalue weighted by Crippen LogP contribution is 2.20. The van der Waals surface area contributed by atoms with Gasteiger partial charge in [0.25, 0.3) is 0 Å². The summed E-state index contributed by atoms with van der Waals surface area (Å²) in [6, 6.07) is 17.3. The van der Waals surface area contributed by atoms with Crippen LogP contribution in [-0.4, -0.2) is 24.2 Å². The van der Waals surface area contributed by atoms with Crippen LogP contribution < -0.4 is 5.32 Å². The molecule has 0 saturated carbocycles. The molecule has 5 heteroatoms. The smallest absolute Gasteiger partial charge is 0.408 e. The lowest BCUT2D eigenvalue weighted by molar-refractivity contribution is -0.176. The van der Waals surface area contributed by atoms with Crippen molar-refractivity contribution in [1.29, 1.82) is 0 Å². The molecule has 1 aliphatic heterocycles. The number of rotatable bonds is 5. The molecule has 24 heavy (non-hydrogen) atoms. The number of amides is 1. The van der Waals surface area contributed by atoms with Crippen LogP contribution in [-0.2, 0) is 20.9 Å². The van der Waals surface area contributed by atoms with Crippen molar-refractivity contribution >= 4 is 12.1 Å². The monoisotopic (exact) mass is 325 g/mol. The molecule has 1 heterocycles. The zero-order valence-corrected chi connectivity index (χ0v) is 13.4. The Hall–Kier alpha value is -2.82. The van der Waals surface area contributed by atoms with Crippen LogP contribution in [0, 0.1) is 0 Å². The van der Waals surface area contributed by atoms with E-state index in [2.05, 4.69) is 5.32 Å². The standard InChI is InChI=1S/C19H19NO4/c1-2-16-17(18(21)24-16)20-19(22)23-12-13-8-10-15(11-9-13)14-6-4-3-5-7-14/h3-11,16-17H,2,12H2,1H3,(H,20,22). The third-order valence-electron chi connectivity index (χ3n) is 4.00. The molecule has 3 rings (SSSR count). The van der Waals surface area contributed by atoms with E-state index >= 15 is 0 Å². The molecule has 2 aromatic rings. The maximum atomic E-state index is 11.8. The summed E-state index contributed by atoms with van der Waals surface area (Å²) in [6.45, 7) is 2.05. The van der Waals surface area contributed by atoms with Gasteiger partial charge in [0.2, 0.25) is 0 Å². The third-order valence-corrected chi connectivity index (χ3v) is 4.00. The topological polar surface area (TPSA) is 64.6 Å². The van der Waals surface area contributed by atoms with Gasteiger partial charge in [-0.1, -0.05) is 61.5 Å². The van der Waals surface area contributed by atoms with Gasteiger partial charge in [-0.15, -0.1) is 0 Å². The van der Waals surface area contributed by atoms with Crippen molar-refractivity contribution < 1.29 is 19.1 Å². The normalized spacial score (nSPS) is 19.1. The summed E-state index contributed by atoms with van der Waals surface area (Å²) in [4.78, 5) is 23.1. The number of carbonyl (C=O) groups is 2.